The molecular weight excluding hydrogens is 196 g/mol. The van der Waals surface area contributed by atoms with Gasteiger partial charge in [-0.1, -0.05) is 0 Å². The predicted octanol–water partition coefficient (Wildman–Crippen LogP) is 0.799. The minimum Gasteiger partial charge on any atom is -0.281 e. The Kier molecular flexibility index (Phi) is 1.49. The number of hydrogen-bond acceptors (Lipinski definition) is 4. The summed E-state index contributed by atoms with van der Waals surface area (Å²) >= 11 is 1.46. The summed E-state index contributed by atoms with van der Waals surface area (Å²) in [5, 5.41) is 1.94. The van der Waals surface area contributed by atoms with E-state index in [9.17, 15) is 8.42 Å². The van der Waals surface area contributed by atoms with Crippen LogP contribution in [0, 0.1) is 0 Å². The lowest BCUT2D eigenvalue weighted by molar-refractivity contribution is 0.592. The van der Waals surface area contributed by atoms with E-state index in [4.69, 9.17) is 0 Å². The maximum absolute atomic E-state index is 11.1. The van der Waals surface area contributed by atoms with E-state index in [1.165, 1.54) is 11.3 Å². The van der Waals surface area contributed by atoms with Gasteiger partial charge in [0.25, 0.3) is 0 Å². The first-order valence-electron chi connectivity index (χ1n) is 3.19. The molecule has 0 aliphatic carbocycles. The summed E-state index contributed by atoms with van der Waals surface area (Å²) in [6, 6.07) is 0. The molecule has 64 valence electrons. The van der Waals surface area contributed by atoms with Crippen LogP contribution < -0.4 is 0 Å². The highest BCUT2D eigenvalue weighted by Crippen LogP contribution is 2.16. The van der Waals surface area contributed by atoms with Crippen LogP contribution in [0.25, 0.3) is 4.83 Å². The first kappa shape index (κ1) is 7.75. The smallest absolute Gasteiger partial charge is 0.232 e. The lowest BCUT2D eigenvalue weighted by Gasteiger charge is -1.91. The molecule has 0 atom stereocenters. The molecule has 0 aliphatic heterocycles. The molecule has 0 N–H and O–H groups in total. The number of thiazole rings is 1. The maximum atomic E-state index is 11.1. The highest BCUT2D eigenvalue weighted by molar-refractivity contribution is 7.90. The molecule has 2 aromatic rings. The van der Waals surface area contributed by atoms with Crippen molar-refractivity contribution >= 4 is 26.0 Å². The van der Waals surface area contributed by atoms with Crippen LogP contribution in [0.2, 0.25) is 0 Å². The van der Waals surface area contributed by atoms with Crippen LogP contribution in [0.4, 0.5) is 0 Å². The van der Waals surface area contributed by atoms with E-state index in [2.05, 4.69) is 4.98 Å². The van der Waals surface area contributed by atoms with Crippen LogP contribution in [0.15, 0.2) is 22.9 Å². The molecule has 0 radical (unpaired) electrons. The zero-order chi connectivity index (χ0) is 8.77. The summed E-state index contributed by atoms with van der Waals surface area (Å²) in [6.45, 7) is 0. The van der Waals surface area contributed by atoms with Crippen molar-refractivity contribution in [2.24, 2.45) is 0 Å². The van der Waals surface area contributed by atoms with Crippen LogP contribution in [-0.4, -0.2) is 24.1 Å². The van der Waals surface area contributed by atoms with Crippen LogP contribution in [-0.2, 0) is 9.84 Å². The van der Waals surface area contributed by atoms with E-state index in [1.54, 1.807) is 16.8 Å². The standard InChI is InChI=1S/C6H6N2O2S2/c1-12(9,10)6-7-4-5-8(6)2-3-11-5/h2-4H,1H3. The molecule has 0 aromatic carbocycles. The molecule has 4 nitrogen and oxygen atoms in total. The lowest BCUT2D eigenvalue weighted by atomic mass is 10.9. The molecule has 0 saturated carbocycles. The highest BCUT2D eigenvalue weighted by Gasteiger charge is 2.14. The van der Waals surface area contributed by atoms with Gasteiger partial charge in [0, 0.05) is 17.8 Å². The second-order valence-electron chi connectivity index (χ2n) is 2.42. The first-order valence-corrected chi connectivity index (χ1v) is 5.97. The number of aromatic nitrogens is 2. The topological polar surface area (TPSA) is 51.4 Å². The van der Waals surface area contributed by atoms with Crippen molar-refractivity contribution in [3.63, 3.8) is 0 Å². The van der Waals surface area contributed by atoms with Crippen LogP contribution >= 0.6 is 11.3 Å². The van der Waals surface area contributed by atoms with Crippen LogP contribution in [0.5, 0.6) is 0 Å². The molecule has 6 heteroatoms. The number of rotatable bonds is 1. The number of sulfone groups is 1. The third-order valence-electron chi connectivity index (χ3n) is 1.46. The lowest BCUT2D eigenvalue weighted by Crippen LogP contribution is -2.02. The van der Waals surface area contributed by atoms with Crippen molar-refractivity contribution < 1.29 is 8.42 Å². The minimum absolute atomic E-state index is 0.110. The maximum Gasteiger partial charge on any atom is 0.232 e. The van der Waals surface area contributed by atoms with Gasteiger partial charge in [-0.05, 0) is 0 Å². The Labute approximate surface area is 73.4 Å². The Morgan fingerprint density at radius 3 is 3.00 bits per heavy atom. The molecule has 2 heterocycles. The Hall–Kier alpha value is -0.880. The molecule has 0 fully saturated rings. The summed E-state index contributed by atoms with van der Waals surface area (Å²) in [5.41, 5.74) is 0. The largest absolute Gasteiger partial charge is 0.281 e. The monoisotopic (exact) mass is 202 g/mol. The zero-order valence-corrected chi connectivity index (χ0v) is 7.89. The average Bonchev–Trinajstić information content (AvgIpc) is 2.37. The van der Waals surface area contributed by atoms with Gasteiger partial charge in [0.2, 0.25) is 15.0 Å². The van der Waals surface area contributed by atoms with Crippen LogP contribution in [0.1, 0.15) is 0 Å². The molecule has 12 heavy (non-hydrogen) atoms. The molecule has 0 amide bonds. The normalized spacial score (nSPS) is 12.4. The Morgan fingerprint density at radius 2 is 2.33 bits per heavy atom. The van der Waals surface area contributed by atoms with Crippen molar-refractivity contribution in [3.05, 3.63) is 17.8 Å². The molecule has 2 aromatic heterocycles. The Balaban J connectivity index is 2.87. The van der Waals surface area contributed by atoms with E-state index >= 15 is 0 Å². The second kappa shape index (κ2) is 2.30. The van der Waals surface area contributed by atoms with Gasteiger partial charge in [-0.15, -0.1) is 11.3 Å². The number of nitrogens with zero attached hydrogens (tertiary/aromatic N) is 2. The fraction of sp³-hybridized carbons (Fsp3) is 0.167. The van der Waals surface area contributed by atoms with Gasteiger partial charge in [-0.2, -0.15) is 0 Å². The van der Waals surface area contributed by atoms with Crippen LogP contribution in [0.3, 0.4) is 0 Å². The van der Waals surface area contributed by atoms with E-state index in [-0.39, 0.29) is 5.16 Å². The first-order chi connectivity index (χ1) is 5.59. The fourth-order valence-electron chi connectivity index (χ4n) is 0.989. The van der Waals surface area contributed by atoms with E-state index in [0.29, 0.717) is 0 Å². The molecule has 0 saturated heterocycles. The number of imidazole rings is 1. The van der Waals surface area contributed by atoms with Crippen molar-refractivity contribution in [2.75, 3.05) is 6.26 Å². The van der Waals surface area contributed by atoms with Crippen molar-refractivity contribution in [3.8, 4) is 0 Å². The van der Waals surface area contributed by atoms with Crippen molar-refractivity contribution in [1.82, 2.24) is 9.38 Å². The summed E-state index contributed by atoms with van der Waals surface area (Å²) in [4.78, 5) is 4.65. The second-order valence-corrected chi connectivity index (χ2v) is 5.26. The van der Waals surface area contributed by atoms with E-state index < -0.39 is 9.84 Å². The van der Waals surface area contributed by atoms with Crippen molar-refractivity contribution in [2.45, 2.75) is 5.16 Å². The summed E-state index contributed by atoms with van der Waals surface area (Å²) in [5.74, 6) is 0. The third-order valence-corrected chi connectivity index (χ3v) is 3.23. The van der Waals surface area contributed by atoms with Gasteiger partial charge in [-0.25, -0.2) is 13.4 Å². The molecule has 0 unspecified atom stereocenters. The minimum atomic E-state index is -3.20. The number of hydrogen-bond donors (Lipinski definition) is 0. The Bertz CT molecular complexity index is 508. The summed E-state index contributed by atoms with van der Waals surface area (Å²) in [6.07, 6.45) is 4.41. The quantitative estimate of drug-likeness (QED) is 0.687. The molecule has 0 spiro atoms. The van der Waals surface area contributed by atoms with E-state index in [0.717, 1.165) is 11.1 Å². The van der Waals surface area contributed by atoms with Gasteiger partial charge >= 0.3 is 0 Å². The van der Waals surface area contributed by atoms with Gasteiger partial charge in [0.05, 0.1) is 6.20 Å². The predicted molar refractivity (Wildman–Crippen MR) is 46.2 cm³/mol. The third kappa shape index (κ3) is 1.03. The van der Waals surface area contributed by atoms with Gasteiger partial charge in [0.1, 0.15) is 4.83 Å². The molecule has 2 rings (SSSR count). The summed E-state index contributed by atoms with van der Waals surface area (Å²) in [7, 11) is -3.20. The SMILES string of the molecule is CS(=O)(=O)c1ncc2sccn12. The zero-order valence-electron chi connectivity index (χ0n) is 6.26. The van der Waals surface area contributed by atoms with E-state index in [1.807, 2.05) is 5.38 Å². The van der Waals surface area contributed by atoms with Gasteiger partial charge < -0.3 is 0 Å². The van der Waals surface area contributed by atoms with Crippen molar-refractivity contribution in [1.29, 1.82) is 0 Å². The number of fused-ring (bicyclic) bond motifs is 1. The van der Waals surface area contributed by atoms with Gasteiger partial charge in [-0.3, -0.25) is 4.40 Å². The average molecular weight is 202 g/mol. The Morgan fingerprint density at radius 1 is 1.58 bits per heavy atom. The van der Waals surface area contributed by atoms with Gasteiger partial charge in [0.15, 0.2) is 0 Å². The fourth-order valence-corrected chi connectivity index (χ4v) is 2.50. The molecule has 0 aliphatic rings. The molecule has 0 bridgehead atoms. The molecular formula is C6H6N2O2S2. The summed E-state index contributed by atoms with van der Waals surface area (Å²) < 4.78 is 23.8. The highest BCUT2D eigenvalue weighted by atomic mass is 32.2.